The Bertz CT molecular complexity index is 870. The second kappa shape index (κ2) is 7.26. The van der Waals surface area contributed by atoms with Crippen molar-refractivity contribution < 1.29 is 28.9 Å². The fraction of sp³-hybridized carbons (Fsp3) is 0.524. The van der Waals surface area contributed by atoms with E-state index in [4.69, 9.17) is 14.2 Å². The Hall–Kier alpha value is -2.74. The van der Waals surface area contributed by atoms with Gasteiger partial charge in [-0.15, -0.1) is 0 Å². The van der Waals surface area contributed by atoms with Gasteiger partial charge in [-0.1, -0.05) is 19.8 Å². The first-order chi connectivity index (χ1) is 13.9. The Labute approximate surface area is 169 Å². The number of ether oxygens (including phenoxy) is 3. The van der Waals surface area contributed by atoms with E-state index in [-0.39, 0.29) is 0 Å². The van der Waals surface area contributed by atoms with E-state index in [1.165, 1.54) is 0 Å². The maximum atomic E-state index is 12.9. The lowest BCUT2D eigenvalue weighted by Crippen LogP contribution is -2.47. The molecule has 0 radical (unpaired) electrons. The summed E-state index contributed by atoms with van der Waals surface area (Å²) in [5, 5.41) is 15.3. The largest absolute Gasteiger partial charge is 0.493 e. The van der Waals surface area contributed by atoms with E-state index in [9.17, 15) is 14.7 Å². The number of carboxylic acids is 1. The minimum absolute atomic E-state index is 0.318. The lowest BCUT2D eigenvalue weighted by Gasteiger charge is -2.28. The van der Waals surface area contributed by atoms with Crippen LogP contribution in [0.4, 0.5) is 5.69 Å². The summed E-state index contributed by atoms with van der Waals surface area (Å²) in [4.78, 5) is 24.3. The molecular formula is C21H26N2O6. The fourth-order valence-electron chi connectivity index (χ4n) is 3.55. The topological polar surface area (TPSA) is 109 Å². The van der Waals surface area contributed by atoms with Crippen molar-refractivity contribution in [1.29, 1.82) is 0 Å². The number of methoxy groups -OCH3 is 1. The molecule has 0 bridgehead atoms. The molecule has 1 aromatic carbocycles. The number of epoxide rings is 1. The van der Waals surface area contributed by atoms with Crippen molar-refractivity contribution in [1.82, 2.24) is 5.32 Å². The number of benzene rings is 1. The van der Waals surface area contributed by atoms with E-state index in [1.54, 1.807) is 19.3 Å². The van der Waals surface area contributed by atoms with Gasteiger partial charge in [0.05, 0.1) is 25.0 Å². The third-order valence-electron chi connectivity index (χ3n) is 5.62. The molecule has 2 heterocycles. The third kappa shape index (κ3) is 3.53. The number of rotatable bonds is 9. The zero-order valence-corrected chi connectivity index (χ0v) is 16.7. The zero-order chi connectivity index (χ0) is 20.6. The maximum Gasteiger partial charge on any atom is 0.329 e. The Morgan fingerprint density at radius 1 is 1.31 bits per heavy atom. The number of nitrogens with one attached hydrogen (secondary N) is 2. The zero-order valence-electron chi connectivity index (χ0n) is 16.7. The molecule has 1 atom stereocenters. The number of anilines is 1. The molecule has 3 N–H and O–H groups in total. The van der Waals surface area contributed by atoms with Crippen molar-refractivity contribution in [3.8, 4) is 11.5 Å². The average Bonchev–Trinajstić information content (AvgIpc) is 3.63. The van der Waals surface area contributed by atoms with Crippen LogP contribution in [0.5, 0.6) is 11.5 Å². The highest BCUT2D eigenvalue weighted by Gasteiger charge is 2.57. The van der Waals surface area contributed by atoms with E-state index in [2.05, 4.69) is 17.6 Å². The molecule has 29 heavy (non-hydrogen) atoms. The molecular weight excluding hydrogens is 376 g/mol. The summed E-state index contributed by atoms with van der Waals surface area (Å²) in [6, 6.07) is 3.64. The number of aliphatic carboxylic acids is 1. The molecule has 8 heteroatoms. The summed E-state index contributed by atoms with van der Waals surface area (Å²) in [5.41, 5.74) is -0.252. The highest BCUT2D eigenvalue weighted by molar-refractivity contribution is 6.06. The third-order valence-corrected chi connectivity index (χ3v) is 5.62. The van der Waals surface area contributed by atoms with Gasteiger partial charge < -0.3 is 30.0 Å². The van der Waals surface area contributed by atoms with Crippen LogP contribution in [-0.2, 0) is 14.3 Å². The van der Waals surface area contributed by atoms with Crippen molar-refractivity contribution in [2.45, 2.75) is 50.3 Å². The predicted molar refractivity (Wildman–Crippen MR) is 106 cm³/mol. The van der Waals surface area contributed by atoms with Gasteiger partial charge in [-0.3, -0.25) is 4.79 Å². The lowest BCUT2D eigenvalue weighted by atomic mass is 9.96. The second-order valence-electron chi connectivity index (χ2n) is 7.76. The Balaban J connectivity index is 1.62. The van der Waals surface area contributed by atoms with Crippen LogP contribution in [0.1, 0.15) is 44.6 Å². The minimum Gasteiger partial charge on any atom is -0.493 e. The summed E-state index contributed by atoms with van der Waals surface area (Å²) < 4.78 is 17.1. The van der Waals surface area contributed by atoms with Crippen molar-refractivity contribution in [3.63, 3.8) is 0 Å². The van der Waals surface area contributed by atoms with Gasteiger partial charge >= 0.3 is 5.97 Å². The van der Waals surface area contributed by atoms with Gasteiger partial charge in [0.15, 0.2) is 17.2 Å². The summed E-state index contributed by atoms with van der Waals surface area (Å²) in [6.07, 6.45) is 5.73. The first-order valence-corrected chi connectivity index (χ1v) is 9.99. The Kier molecular flexibility index (Phi) is 4.90. The van der Waals surface area contributed by atoms with E-state index in [0.717, 1.165) is 24.8 Å². The number of amides is 1. The summed E-state index contributed by atoms with van der Waals surface area (Å²) in [6.45, 7) is 3.01. The molecule has 1 aromatic rings. The Morgan fingerprint density at radius 2 is 2.07 bits per heavy atom. The normalized spacial score (nSPS) is 22.8. The summed E-state index contributed by atoms with van der Waals surface area (Å²) in [7, 11) is 1.59. The van der Waals surface area contributed by atoms with Crippen molar-refractivity contribution >= 4 is 23.6 Å². The average molecular weight is 402 g/mol. The van der Waals surface area contributed by atoms with E-state index in [0.29, 0.717) is 48.8 Å². The van der Waals surface area contributed by atoms with Crippen LogP contribution in [-0.4, -0.2) is 48.6 Å². The van der Waals surface area contributed by atoms with Gasteiger partial charge in [0.2, 0.25) is 0 Å². The minimum atomic E-state index is -1.15. The molecule has 8 nitrogen and oxygen atoms in total. The molecule has 1 spiro atoms. The van der Waals surface area contributed by atoms with Crippen LogP contribution >= 0.6 is 0 Å². The van der Waals surface area contributed by atoms with Crippen molar-refractivity contribution in [2.75, 3.05) is 25.6 Å². The van der Waals surface area contributed by atoms with Crippen LogP contribution in [0.3, 0.4) is 0 Å². The highest BCUT2D eigenvalue weighted by Crippen LogP contribution is 2.49. The van der Waals surface area contributed by atoms with Crippen LogP contribution in [0.25, 0.3) is 6.08 Å². The van der Waals surface area contributed by atoms with Gasteiger partial charge in [-0.2, -0.15) is 0 Å². The van der Waals surface area contributed by atoms with Gasteiger partial charge in [0, 0.05) is 5.56 Å². The molecule has 1 amide bonds. The molecule has 2 aliphatic heterocycles. The van der Waals surface area contributed by atoms with Gasteiger partial charge in [-0.25, -0.2) is 4.79 Å². The molecule has 1 saturated heterocycles. The van der Waals surface area contributed by atoms with Crippen molar-refractivity contribution in [2.24, 2.45) is 0 Å². The number of hydrogen-bond acceptors (Lipinski definition) is 6. The van der Waals surface area contributed by atoms with Crippen LogP contribution < -0.4 is 20.1 Å². The van der Waals surface area contributed by atoms with Crippen LogP contribution in [0.15, 0.2) is 17.7 Å². The quantitative estimate of drug-likeness (QED) is 0.430. The SMILES string of the molecule is CCCCCOc1c(OC)ccc2c1NC1(CO1)C(C(=O)NC1(C(=O)O)CC1)=C2. The highest BCUT2D eigenvalue weighted by atomic mass is 16.6. The van der Waals surface area contributed by atoms with E-state index in [1.807, 2.05) is 6.07 Å². The number of unbranched alkanes of at least 4 members (excludes halogenated alkanes) is 2. The number of hydrogen-bond donors (Lipinski definition) is 3. The molecule has 156 valence electrons. The summed E-state index contributed by atoms with van der Waals surface area (Å²) in [5.74, 6) is -0.237. The molecule has 3 aliphatic rings. The first-order valence-electron chi connectivity index (χ1n) is 9.99. The number of fused-ring (bicyclic) bond motifs is 1. The van der Waals surface area contributed by atoms with Gasteiger partial charge in [0.1, 0.15) is 12.1 Å². The molecule has 4 rings (SSSR count). The van der Waals surface area contributed by atoms with Gasteiger partial charge in [0.25, 0.3) is 5.91 Å². The van der Waals surface area contributed by atoms with E-state index < -0.39 is 23.1 Å². The van der Waals surface area contributed by atoms with Crippen LogP contribution in [0.2, 0.25) is 0 Å². The van der Waals surface area contributed by atoms with E-state index >= 15 is 0 Å². The number of carbonyl (C=O) groups excluding carboxylic acids is 1. The smallest absolute Gasteiger partial charge is 0.329 e. The predicted octanol–water partition coefficient (Wildman–Crippen LogP) is 2.53. The van der Waals surface area contributed by atoms with Crippen LogP contribution in [0, 0.1) is 0 Å². The molecule has 1 aliphatic carbocycles. The maximum absolute atomic E-state index is 12.9. The first kappa shape index (κ1) is 19.6. The molecule has 1 saturated carbocycles. The summed E-state index contributed by atoms with van der Waals surface area (Å²) >= 11 is 0. The molecule has 0 aromatic heterocycles. The Morgan fingerprint density at radius 3 is 2.66 bits per heavy atom. The number of carboxylic acid groups (broad SMARTS) is 1. The van der Waals surface area contributed by atoms with Gasteiger partial charge in [-0.05, 0) is 37.5 Å². The second-order valence-corrected chi connectivity index (χ2v) is 7.76. The van der Waals surface area contributed by atoms with Crippen molar-refractivity contribution in [3.05, 3.63) is 23.3 Å². The monoisotopic (exact) mass is 402 g/mol. The lowest BCUT2D eigenvalue weighted by molar-refractivity contribution is -0.142. The number of carbonyl (C=O) groups is 2. The standard InChI is InChI=1S/C21H26N2O6/c1-3-4-5-10-28-17-15(27-2)7-6-13-11-14(21(12-29-21)22-16(13)17)18(24)23-20(8-9-20)19(25)26/h6-7,11,22H,3-5,8-10,12H2,1-2H3,(H,23,24)(H,25,26). The molecule has 2 fully saturated rings. The fourth-order valence-corrected chi connectivity index (χ4v) is 3.55. The molecule has 1 unspecified atom stereocenters.